The van der Waals surface area contributed by atoms with Gasteiger partial charge in [-0.25, -0.2) is 0 Å². The highest BCUT2D eigenvalue weighted by atomic mass is 35.5. The third kappa shape index (κ3) is 3.98. The second kappa shape index (κ2) is 7.83. The van der Waals surface area contributed by atoms with E-state index >= 15 is 0 Å². The Bertz CT molecular complexity index is 832. The number of nitrogens with one attached hydrogen (secondary N) is 1. The van der Waals surface area contributed by atoms with Crippen molar-refractivity contribution in [2.45, 2.75) is 11.7 Å². The molecule has 124 valence electrons. The fourth-order valence-corrected chi connectivity index (χ4v) is 3.77. The SMILES string of the molecule is Cn1c(SCC(=O)NCc2ccccc2Cl)nnc1-c1cccs1. The van der Waals surface area contributed by atoms with Gasteiger partial charge < -0.3 is 9.88 Å². The average molecular weight is 379 g/mol. The molecule has 2 heterocycles. The lowest BCUT2D eigenvalue weighted by atomic mass is 10.2. The van der Waals surface area contributed by atoms with Crippen LogP contribution in [0.15, 0.2) is 46.9 Å². The minimum absolute atomic E-state index is 0.0689. The van der Waals surface area contributed by atoms with E-state index in [9.17, 15) is 4.79 Å². The Morgan fingerprint density at radius 1 is 1.29 bits per heavy atom. The Morgan fingerprint density at radius 2 is 2.12 bits per heavy atom. The fourth-order valence-electron chi connectivity index (χ4n) is 2.08. The summed E-state index contributed by atoms with van der Waals surface area (Å²) in [4.78, 5) is 13.1. The smallest absolute Gasteiger partial charge is 0.230 e. The largest absolute Gasteiger partial charge is 0.351 e. The van der Waals surface area contributed by atoms with Gasteiger partial charge >= 0.3 is 0 Å². The number of amides is 1. The van der Waals surface area contributed by atoms with Gasteiger partial charge in [0.25, 0.3) is 0 Å². The molecule has 1 N–H and O–H groups in total. The molecular formula is C16H15ClN4OS2. The number of nitrogens with zero attached hydrogens (tertiary/aromatic N) is 3. The summed E-state index contributed by atoms with van der Waals surface area (Å²) < 4.78 is 1.90. The third-order valence-electron chi connectivity index (χ3n) is 3.34. The van der Waals surface area contributed by atoms with Crippen LogP contribution in [0.5, 0.6) is 0 Å². The molecule has 0 fully saturated rings. The van der Waals surface area contributed by atoms with Crippen molar-refractivity contribution >= 4 is 40.6 Å². The molecule has 0 saturated heterocycles. The van der Waals surface area contributed by atoms with Crippen LogP contribution in [0.25, 0.3) is 10.7 Å². The molecule has 0 aliphatic carbocycles. The normalized spacial score (nSPS) is 10.8. The van der Waals surface area contributed by atoms with Crippen molar-refractivity contribution < 1.29 is 4.79 Å². The fraction of sp³-hybridized carbons (Fsp3) is 0.188. The zero-order chi connectivity index (χ0) is 16.9. The molecule has 0 aliphatic heterocycles. The first kappa shape index (κ1) is 17.0. The van der Waals surface area contributed by atoms with Crippen LogP contribution >= 0.6 is 34.7 Å². The highest BCUT2D eigenvalue weighted by molar-refractivity contribution is 7.99. The highest BCUT2D eigenvalue weighted by Gasteiger charge is 2.13. The van der Waals surface area contributed by atoms with Gasteiger partial charge in [0, 0.05) is 18.6 Å². The molecule has 0 radical (unpaired) electrons. The molecule has 1 aromatic carbocycles. The third-order valence-corrected chi connectivity index (χ3v) is 5.60. The quantitative estimate of drug-likeness (QED) is 0.666. The standard InChI is InChI=1S/C16H15ClN4OS2/c1-21-15(13-7-4-8-23-13)19-20-16(21)24-10-14(22)18-9-11-5-2-3-6-12(11)17/h2-8H,9-10H2,1H3,(H,18,22). The van der Waals surface area contributed by atoms with Crippen molar-refractivity contribution in [2.75, 3.05) is 5.75 Å². The Balaban J connectivity index is 1.54. The summed E-state index contributed by atoms with van der Waals surface area (Å²) in [6.45, 7) is 0.415. The lowest BCUT2D eigenvalue weighted by molar-refractivity contribution is -0.118. The minimum atomic E-state index is -0.0689. The van der Waals surface area contributed by atoms with Crippen molar-refractivity contribution in [3.8, 4) is 10.7 Å². The summed E-state index contributed by atoms with van der Waals surface area (Å²) in [5.41, 5.74) is 0.899. The number of thiophene rings is 1. The number of thioether (sulfide) groups is 1. The molecule has 0 spiro atoms. The molecule has 0 atom stereocenters. The number of carbonyl (C=O) groups is 1. The molecule has 3 rings (SSSR count). The zero-order valence-electron chi connectivity index (χ0n) is 12.9. The van der Waals surface area contributed by atoms with Gasteiger partial charge in [-0.1, -0.05) is 47.6 Å². The summed E-state index contributed by atoms with van der Waals surface area (Å²) in [5.74, 6) is 1.02. The molecular weight excluding hydrogens is 364 g/mol. The number of rotatable bonds is 6. The maximum atomic E-state index is 12.0. The Morgan fingerprint density at radius 3 is 2.88 bits per heavy atom. The van der Waals surface area contributed by atoms with Crippen LogP contribution in [-0.4, -0.2) is 26.4 Å². The van der Waals surface area contributed by atoms with E-state index in [1.807, 2.05) is 53.4 Å². The van der Waals surface area contributed by atoms with Crippen LogP contribution in [-0.2, 0) is 18.4 Å². The highest BCUT2D eigenvalue weighted by Crippen LogP contribution is 2.25. The minimum Gasteiger partial charge on any atom is -0.351 e. The molecule has 0 bridgehead atoms. The zero-order valence-corrected chi connectivity index (χ0v) is 15.3. The van der Waals surface area contributed by atoms with Crippen molar-refractivity contribution in [2.24, 2.45) is 7.05 Å². The van der Waals surface area contributed by atoms with Crippen LogP contribution < -0.4 is 5.32 Å². The molecule has 1 amide bonds. The van der Waals surface area contributed by atoms with Crippen molar-refractivity contribution in [3.05, 3.63) is 52.4 Å². The van der Waals surface area contributed by atoms with Gasteiger partial charge in [0.15, 0.2) is 11.0 Å². The summed E-state index contributed by atoms with van der Waals surface area (Å²) in [5, 5.41) is 14.6. The maximum absolute atomic E-state index is 12.0. The second-order valence-electron chi connectivity index (χ2n) is 5.00. The van der Waals surface area contributed by atoms with Gasteiger partial charge in [-0.2, -0.15) is 0 Å². The topological polar surface area (TPSA) is 59.8 Å². The molecule has 24 heavy (non-hydrogen) atoms. The van der Waals surface area contributed by atoms with Gasteiger partial charge in [0.2, 0.25) is 5.91 Å². The predicted molar refractivity (Wildman–Crippen MR) is 98.3 cm³/mol. The van der Waals surface area contributed by atoms with E-state index in [1.54, 1.807) is 11.3 Å². The average Bonchev–Trinajstić information content (AvgIpc) is 3.22. The molecule has 8 heteroatoms. The van der Waals surface area contributed by atoms with Gasteiger partial charge in [0.05, 0.1) is 10.6 Å². The monoisotopic (exact) mass is 378 g/mol. The van der Waals surface area contributed by atoms with E-state index in [0.717, 1.165) is 16.3 Å². The van der Waals surface area contributed by atoms with Crippen LogP contribution in [0, 0.1) is 0 Å². The predicted octanol–water partition coefficient (Wildman–Crippen LogP) is 3.61. The van der Waals surface area contributed by atoms with E-state index in [-0.39, 0.29) is 11.7 Å². The number of carbonyl (C=O) groups excluding carboxylic acids is 1. The van der Waals surface area contributed by atoms with E-state index in [2.05, 4.69) is 15.5 Å². The lowest BCUT2D eigenvalue weighted by Gasteiger charge is -2.06. The van der Waals surface area contributed by atoms with Crippen molar-refractivity contribution in [1.82, 2.24) is 20.1 Å². The Kier molecular flexibility index (Phi) is 5.55. The number of halogens is 1. The Labute approximate surface area is 153 Å². The van der Waals surface area contributed by atoms with E-state index in [4.69, 9.17) is 11.6 Å². The van der Waals surface area contributed by atoms with E-state index < -0.39 is 0 Å². The van der Waals surface area contributed by atoms with Gasteiger partial charge in [-0.3, -0.25) is 4.79 Å². The van der Waals surface area contributed by atoms with Crippen LogP contribution in [0.3, 0.4) is 0 Å². The van der Waals surface area contributed by atoms with Crippen molar-refractivity contribution in [1.29, 1.82) is 0 Å². The summed E-state index contributed by atoms with van der Waals surface area (Å²) >= 11 is 9.05. The van der Waals surface area contributed by atoms with E-state index in [0.29, 0.717) is 16.7 Å². The van der Waals surface area contributed by atoms with Crippen LogP contribution in [0.2, 0.25) is 5.02 Å². The van der Waals surface area contributed by atoms with Gasteiger partial charge in [0.1, 0.15) is 0 Å². The second-order valence-corrected chi connectivity index (χ2v) is 7.30. The summed E-state index contributed by atoms with van der Waals surface area (Å²) in [6, 6.07) is 11.4. The first-order valence-corrected chi connectivity index (χ1v) is 9.45. The summed E-state index contributed by atoms with van der Waals surface area (Å²) in [7, 11) is 1.90. The van der Waals surface area contributed by atoms with Crippen molar-refractivity contribution in [3.63, 3.8) is 0 Å². The molecule has 3 aromatic rings. The first-order chi connectivity index (χ1) is 11.6. The van der Waals surface area contributed by atoms with Gasteiger partial charge in [-0.15, -0.1) is 21.5 Å². The van der Waals surface area contributed by atoms with Crippen LogP contribution in [0.1, 0.15) is 5.56 Å². The molecule has 0 aliphatic rings. The Hall–Kier alpha value is -1.83. The number of aromatic nitrogens is 3. The maximum Gasteiger partial charge on any atom is 0.230 e. The number of benzene rings is 1. The number of hydrogen-bond acceptors (Lipinski definition) is 5. The van der Waals surface area contributed by atoms with Gasteiger partial charge in [-0.05, 0) is 23.1 Å². The molecule has 0 saturated carbocycles. The molecule has 5 nitrogen and oxygen atoms in total. The first-order valence-electron chi connectivity index (χ1n) is 7.21. The lowest BCUT2D eigenvalue weighted by Crippen LogP contribution is -2.24. The molecule has 0 unspecified atom stereocenters. The van der Waals surface area contributed by atoms with Crippen LogP contribution in [0.4, 0.5) is 0 Å². The summed E-state index contributed by atoms with van der Waals surface area (Å²) in [6.07, 6.45) is 0. The number of hydrogen-bond donors (Lipinski definition) is 1. The molecule has 2 aromatic heterocycles. The van der Waals surface area contributed by atoms with E-state index in [1.165, 1.54) is 11.8 Å².